The van der Waals surface area contributed by atoms with Crippen molar-refractivity contribution in [2.75, 3.05) is 6.61 Å². The second kappa shape index (κ2) is 9.77. The van der Waals surface area contributed by atoms with E-state index in [2.05, 4.69) is 5.32 Å². The van der Waals surface area contributed by atoms with Gasteiger partial charge in [0, 0.05) is 17.0 Å². The second-order valence-corrected chi connectivity index (χ2v) is 8.80. The van der Waals surface area contributed by atoms with Crippen LogP contribution in [-0.4, -0.2) is 34.2 Å². The summed E-state index contributed by atoms with van der Waals surface area (Å²) >= 11 is 0. The van der Waals surface area contributed by atoms with E-state index in [1.807, 2.05) is 69.3 Å². The molecule has 182 valence electrons. The average Bonchev–Trinajstić information content (AvgIpc) is 3.21. The topological polar surface area (TPSA) is 68.5 Å². The molecule has 1 aliphatic heterocycles. The molecule has 0 spiro atoms. The van der Waals surface area contributed by atoms with Crippen LogP contribution in [0.5, 0.6) is 0 Å². The Morgan fingerprint density at radius 2 is 1.78 bits per heavy atom. The summed E-state index contributed by atoms with van der Waals surface area (Å²) in [4.78, 5) is 18.2. The molecular weight excluding hydrogens is 455 g/mol. The summed E-state index contributed by atoms with van der Waals surface area (Å²) in [6.45, 7) is 6.12. The summed E-state index contributed by atoms with van der Waals surface area (Å²) in [6.07, 6.45) is 0. The Morgan fingerprint density at radius 3 is 2.47 bits per heavy atom. The Hall–Kier alpha value is -4.26. The van der Waals surface area contributed by atoms with E-state index in [1.165, 1.54) is 12.1 Å². The molecule has 2 atom stereocenters. The number of carbonyl (C=O) groups is 1. The second-order valence-electron chi connectivity index (χ2n) is 8.80. The van der Waals surface area contributed by atoms with Crippen molar-refractivity contribution in [3.05, 3.63) is 113 Å². The number of para-hydroxylation sites is 1. The largest absolute Gasteiger partial charge is 0.479 e. The third-order valence-electron chi connectivity index (χ3n) is 6.30. The van der Waals surface area contributed by atoms with Crippen LogP contribution in [-0.2, 0) is 4.74 Å². The van der Waals surface area contributed by atoms with Crippen molar-refractivity contribution in [1.29, 1.82) is 0 Å². The first kappa shape index (κ1) is 23.5. The molecule has 0 bridgehead atoms. The van der Waals surface area contributed by atoms with Crippen molar-refractivity contribution in [2.45, 2.75) is 32.7 Å². The van der Waals surface area contributed by atoms with Gasteiger partial charge in [-0.1, -0.05) is 48.0 Å². The quantitative estimate of drug-likeness (QED) is 0.400. The fraction of sp³-hybridized carbons (Fsp3) is 0.207. The molecule has 1 aromatic heterocycles. The molecule has 0 unspecified atom stereocenters. The highest BCUT2D eigenvalue weighted by atomic mass is 19.1. The minimum absolute atomic E-state index is 0.236. The first-order valence-corrected chi connectivity index (χ1v) is 12.0. The van der Waals surface area contributed by atoms with Gasteiger partial charge in [-0.25, -0.2) is 9.07 Å². The molecule has 0 radical (unpaired) electrons. The highest BCUT2D eigenvalue weighted by molar-refractivity contribution is 5.99. The van der Waals surface area contributed by atoms with E-state index in [0.29, 0.717) is 23.9 Å². The number of amides is 1. The van der Waals surface area contributed by atoms with Crippen LogP contribution in [0.3, 0.4) is 0 Å². The van der Waals surface area contributed by atoms with Gasteiger partial charge in [0.1, 0.15) is 11.9 Å². The average molecular weight is 483 g/mol. The number of halogens is 1. The molecule has 7 heteroatoms. The zero-order chi connectivity index (χ0) is 25.2. The Morgan fingerprint density at radius 1 is 1.03 bits per heavy atom. The molecule has 5 rings (SSSR count). The summed E-state index contributed by atoms with van der Waals surface area (Å²) in [5, 5.41) is 7.95. The van der Waals surface area contributed by atoms with Crippen molar-refractivity contribution >= 4 is 17.6 Å². The predicted molar refractivity (Wildman–Crippen MR) is 138 cm³/mol. The molecule has 1 amide bonds. The first-order valence-electron chi connectivity index (χ1n) is 12.0. The molecule has 2 heterocycles. The first-order chi connectivity index (χ1) is 17.5. The van der Waals surface area contributed by atoms with Gasteiger partial charge >= 0.3 is 0 Å². The number of nitrogens with one attached hydrogen (secondary N) is 1. The summed E-state index contributed by atoms with van der Waals surface area (Å²) < 4.78 is 21.7. The van der Waals surface area contributed by atoms with Crippen molar-refractivity contribution in [2.24, 2.45) is 4.99 Å². The molecule has 6 nitrogen and oxygen atoms in total. The van der Waals surface area contributed by atoms with Gasteiger partial charge in [0.05, 0.1) is 18.0 Å². The van der Waals surface area contributed by atoms with Gasteiger partial charge < -0.3 is 10.1 Å². The number of benzene rings is 3. The number of hydrogen-bond donors (Lipinski definition) is 1. The minimum atomic E-state index is -0.608. The molecule has 36 heavy (non-hydrogen) atoms. The number of nitrogens with zero attached hydrogens (tertiary/aromatic N) is 3. The lowest BCUT2D eigenvalue weighted by Gasteiger charge is -2.32. The van der Waals surface area contributed by atoms with E-state index < -0.39 is 6.04 Å². The maximum atomic E-state index is 13.9. The van der Waals surface area contributed by atoms with E-state index in [1.54, 1.807) is 22.9 Å². The maximum absolute atomic E-state index is 13.9. The SMILES string of the molecule is CCOC1=Nc2c(c(C)nn2-c2ccccc2)[C@@H](c2ccc(F)cc2)[C@H]1NC(=O)c1cccc(C)c1. The number of rotatable bonds is 5. The lowest BCUT2D eigenvalue weighted by Crippen LogP contribution is -2.47. The molecule has 1 aliphatic rings. The van der Waals surface area contributed by atoms with Crippen LogP contribution < -0.4 is 5.32 Å². The number of carbonyl (C=O) groups excluding carboxylic acids is 1. The fourth-order valence-electron chi connectivity index (χ4n) is 4.69. The smallest absolute Gasteiger partial charge is 0.251 e. The Labute approximate surface area is 209 Å². The maximum Gasteiger partial charge on any atom is 0.251 e. The van der Waals surface area contributed by atoms with Gasteiger partial charge in [0.15, 0.2) is 5.82 Å². The van der Waals surface area contributed by atoms with Crippen LogP contribution >= 0.6 is 0 Å². The van der Waals surface area contributed by atoms with Crippen LogP contribution in [0.1, 0.15) is 45.6 Å². The minimum Gasteiger partial charge on any atom is -0.479 e. The van der Waals surface area contributed by atoms with Gasteiger partial charge in [0.2, 0.25) is 5.90 Å². The van der Waals surface area contributed by atoms with Gasteiger partial charge in [-0.3, -0.25) is 4.79 Å². The third-order valence-corrected chi connectivity index (χ3v) is 6.30. The number of aromatic nitrogens is 2. The number of ether oxygens (including phenoxy) is 1. The zero-order valence-corrected chi connectivity index (χ0v) is 20.4. The Bertz CT molecular complexity index is 1430. The Balaban J connectivity index is 1.67. The number of aryl methyl sites for hydroxylation is 2. The van der Waals surface area contributed by atoms with E-state index in [4.69, 9.17) is 14.8 Å². The standard InChI is InChI=1S/C29H27FN4O2/c1-4-36-29-26(31-28(35)21-10-8-9-18(2)17-21)25(20-13-15-22(30)16-14-20)24-19(3)33-34(27(24)32-29)23-11-6-5-7-12-23/h5-17,25-26H,4H2,1-3H3,(H,31,35)/t25-,26-/m1/s1. The Kier molecular flexibility index (Phi) is 6.38. The zero-order valence-electron chi connectivity index (χ0n) is 20.4. The van der Waals surface area contributed by atoms with Crippen LogP contribution in [0.2, 0.25) is 0 Å². The van der Waals surface area contributed by atoms with Gasteiger partial charge in [-0.2, -0.15) is 10.1 Å². The van der Waals surface area contributed by atoms with E-state index >= 15 is 0 Å². The third kappa shape index (κ3) is 4.40. The lowest BCUT2D eigenvalue weighted by molar-refractivity contribution is 0.0938. The summed E-state index contributed by atoms with van der Waals surface area (Å²) in [5.41, 5.74) is 4.87. The monoisotopic (exact) mass is 482 g/mol. The van der Waals surface area contributed by atoms with Crippen molar-refractivity contribution in [3.8, 4) is 5.69 Å². The summed E-state index contributed by atoms with van der Waals surface area (Å²) in [5.74, 6) is 0.0751. The van der Waals surface area contributed by atoms with Crippen molar-refractivity contribution < 1.29 is 13.9 Å². The highest BCUT2D eigenvalue weighted by Gasteiger charge is 2.40. The van der Waals surface area contributed by atoms with Crippen molar-refractivity contribution in [1.82, 2.24) is 15.1 Å². The molecule has 1 N–H and O–H groups in total. The van der Waals surface area contributed by atoms with Gasteiger partial charge in [-0.15, -0.1) is 0 Å². The van der Waals surface area contributed by atoms with Gasteiger partial charge in [0.25, 0.3) is 5.91 Å². The number of hydrogen-bond acceptors (Lipinski definition) is 4. The van der Waals surface area contributed by atoms with Crippen LogP contribution in [0.15, 0.2) is 83.9 Å². The van der Waals surface area contributed by atoms with E-state index in [9.17, 15) is 9.18 Å². The molecule has 3 aromatic carbocycles. The van der Waals surface area contributed by atoms with Crippen molar-refractivity contribution in [3.63, 3.8) is 0 Å². The van der Waals surface area contributed by atoms with Crippen LogP contribution in [0.25, 0.3) is 5.69 Å². The molecule has 4 aromatic rings. The van der Waals surface area contributed by atoms with Crippen LogP contribution in [0.4, 0.5) is 10.2 Å². The van der Waals surface area contributed by atoms with Crippen LogP contribution in [0, 0.1) is 19.7 Å². The van der Waals surface area contributed by atoms with Gasteiger partial charge in [-0.05, 0) is 62.7 Å². The fourth-order valence-corrected chi connectivity index (χ4v) is 4.69. The molecule has 0 saturated carbocycles. The normalized spacial score (nSPS) is 16.7. The highest BCUT2D eigenvalue weighted by Crippen LogP contribution is 2.42. The summed E-state index contributed by atoms with van der Waals surface area (Å²) in [7, 11) is 0. The predicted octanol–water partition coefficient (Wildman–Crippen LogP) is 5.64. The summed E-state index contributed by atoms with van der Waals surface area (Å²) in [6, 6.07) is 22.9. The molecule has 0 aliphatic carbocycles. The molecule has 0 fully saturated rings. The molecule has 0 saturated heterocycles. The van der Waals surface area contributed by atoms with E-state index in [0.717, 1.165) is 28.1 Å². The lowest BCUT2D eigenvalue weighted by atomic mass is 9.82. The number of fused-ring (bicyclic) bond motifs is 1. The van der Waals surface area contributed by atoms with E-state index in [-0.39, 0.29) is 17.6 Å². The molecular formula is C29H27FN4O2. The number of aliphatic imine (C=N–C) groups is 1.